The Labute approximate surface area is 75.6 Å². The van der Waals surface area contributed by atoms with Crippen molar-refractivity contribution in [3.05, 3.63) is 0 Å². The first-order chi connectivity index (χ1) is 5.68. The third kappa shape index (κ3) is 6.62. The molecule has 0 aromatic heterocycles. The Morgan fingerprint density at radius 3 is 2.08 bits per heavy atom. The normalized spacial score (nSPS) is 16.0. The summed E-state index contributed by atoms with van der Waals surface area (Å²) in [7, 11) is 0. The van der Waals surface area contributed by atoms with E-state index >= 15 is 0 Å². The van der Waals surface area contributed by atoms with Crippen LogP contribution in [0.1, 0.15) is 52.4 Å². The SMILES string of the molecule is CCCCCCC[C@@H](O)[C@H](C)O. The molecule has 74 valence electrons. The van der Waals surface area contributed by atoms with Crippen LogP contribution in [0.5, 0.6) is 0 Å². The lowest BCUT2D eigenvalue weighted by atomic mass is 10.1. The molecule has 2 N–H and O–H groups in total. The van der Waals surface area contributed by atoms with Crippen LogP contribution in [0.3, 0.4) is 0 Å². The number of rotatable bonds is 7. The summed E-state index contributed by atoms with van der Waals surface area (Å²) in [6, 6.07) is 0. The molecule has 0 unspecified atom stereocenters. The smallest absolute Gasteiger partial charge is 0.0796 e. The van der Waals surface area contributed by atoms with Gasteiger partial charge in [0.2, 0.25) is 0 Å². The fourth-order valence-electron chi connectivity index (χ4n) is 1.20. The zero-order chi connectivity index (χ0) is 9.40. The zero-order valence-corrected chi connectivity index (χ0v) is 8.29. The first-order valence-corrected chi connectivity index (χ1v) is 5.04. The number of aliphatic hydroxyl groups is 2. The maximum atomic E-state index is 9.23. The molecule has 0 rings (SSSR count). The number of unbranched alkanes of at least 4 members (excludes halogenated alkanes) is 4. The number of aliphatic hydroxyl groups excluding tert-OH is 2. The van der Waals surface area contributed by atoms with E-state index in [1.165, 1.54) is 25.7 Å². The second-order valence-electron chi connectivity index (χ2n) is 3.51. The molecule has 2 nitrogen and oxygen atoms in total. The number of hydrogen-bond acceptors (Lipinski definition) is 2. The van der Waals surface area contributed by atoms with Crippen LogP contribution in [-0.2, 0) is 0 Å². The van der Waals surface area contributed by atoms with E-state index in [1.54, 1.807) is 6.92 Å². The van der Waals surface area contributed by atoms with E-state index in [0.29, 0.717) is 0 Å². The summed E-state index contributed by atoms with van der Waals surface area (Å²) in [5, 5.41) is 18.2. The molecule has 0 aliphatic rings. The molecule has 0 bridgehead atoms. The van der Waals surface area contributed by atoms with Crippen molar-refractivity contribution in [2.45, 2.75) is 64.6 Å². The lowest BCUT2D eigenvalue weighted by Crippen LogP contribution is -2.21. The lowest BCUT2D eigenvalue weighted by Gasteiger charge is -2.12. The van der Waals surface area contributed by atoms with Gasteiger partial charge in [-0.15, -0.1) is 0 Å². The van der Waals surface area contributed by atoms with Gasteiger partial charge in [-0.1, -0.05) is 39.0 Å². The minimum atomic E-state index is -0.573. The van der Waals surface area contributed by atoms with Crippen LogP contribution in [0.2, 0.25) is 0 Å². The monoisotopic (exact) mass is 174 g/mol. The summed E-state index contributed by atoms with van der Waals surface area (Å²) < 4.78 is 0. The van der Waals surface area contributed by atoms with Crippen molar-refractivity contribution < 1.29 is 10.2 Å². The summed E-state index contributed by atoms with van der Waals surface area (Å²) in [5.74, 6) is 0. The first kappa shape index (κ1) is 11.9. The maximum absolute atomic E-state index is 9.23. The van der Waals surface area contributed by atoms with Crippen molar-refractivity contribution in [3.63, 3.8) is 0 Å². The quantitative estimate of drug-likeness (QED) is 0.580. The molecule has 0 aliphatic heterocycles. The Morgan fingerprint density at radius 1 is 1.00 bits per heavy atom. The Morgan fingerprint density at radius 2 is 1.58 bits per heavy atom. The summed E-state index contributed by atoms with van der Waals surface area (Å²) >= 11 is 0. The van der Waals surface area contributed by atoms with Gasteiger partial charge in [0.1, 0.15) is 0 Å². The van der Waals surface area contributed by atoms with Crippen LogP contribution in [0.15, 0.2) is 0 Å². The minimum Gasteiger partial charge on any atom is -0.391 e. The highest BCUT2D eigenvalue weighted by Gasteiger charge is 2.09. The van der Waals surface area contributed by atoms with Gasteiger partial charge >= 0.3 is 0 Å². The van der Waals surface area contributed by atoms with Crippen LogP contribution in [-0.4, -0.2) is 22.4 Å². The molecule has 0 saturated carbocycles. The van der Waals surface area contributed by atoms with Crippen LogP contribution < -0.4 is 0 Å². The van der Waals surface area contributed by atoms with E-state index in [4.69, 9.17) is 5.11 Å². The fourth-order valence-corrected chi connectivity index (χ4v) is 1.20. The third-order valence-corrected chi connectivity index (χ3v) is 2.16. The van der Waals surface area contributed by atoms with Gasteiger partial charge in [0.05, 0.1) is 12.2 Å². The highest BCUT2D eigenvalue weighted by molar-refractivity contribution is 4.61. The number of hydrogen-bond donors (Lipinski definition) is 2. The van der Waals surface area contributed by atoms with Crippen LogP contribution >= 0.6 is 0 Å². The second-order valence-corrected chi connectivity index (χ2v) is 3.51. The van der Waals surface area contributed by atoms with Gasteiger partial charge in [0.15, 0.2) is 0 Å². The molecule has 0 saturated heterocycles. The predicted molar refractivity (Wildman–Crippen MR) is 51.1 cm³/mol. The van der Waals surface area contributed by atoms with E-state index in [2.05, 4.69) is 6.92 Å². The molecular formula is C10H22O2. The Hall–Kier alpha value is -0.0800. The molecule has 0 radical (unpaired) electrons. The Bertz CT molecular complexity index is 91.8. The second kappa shape index (κ2) is 7.56. The van der Waals surface area contributed by atoms with Crippen molar-refractivity contribution in [2.24, 2.45) is 0 Å². The fraction of sp³-hybridized carbons (Fsp3) is 1.00. The van der Waals surface area contributed by atoms with Gasteiger partial charge in [0.25, 0.3) is 0 Å². The van der Waals surface area contributed by atoms with Crippen LogP contribution in [0, 0.1) is 0 Å². The van der Waals surface area contributed by atoms with Crippen molar-refractivity contribution in [2.75, 3.05) is 0 Å². The molecule has 0 amide bonds. The summed E-state index contributed by atoms with van der Waals surface area (Å²) in [6.07, 6.45) is 5.64. The highest BCUT2D eigenvalue weighted by Crippen LogP contribution is 2.08. The van der Waals surface area contributed by atoms with E-state index < -0.39 is 12.2 Å². The topological polar surface area (TPSA) is 40.5 Å². The summed E-state index contributed by atoms with van der Waals surface area (Å²) in [6.45, 7) is 3.82. The molecule has 2 heteroatoms. The Balaban J connectivity index is 3.08. The van der Waals surface area contributed by atoms with Gasteiger partial charge in [-0.2, -0.15) is 0 Å². The molecule has 0 heterocycles. The van der Waals surface area contributed by atoms with E-state index in [0.717, 1.165) is 12.8 Å². The lowest BCUT2D eigenvalue weighted by molar-refractivity contribution is 0.0247. The summed E-state index contributed by atoms with van der Waals surface area (Å²) in [4.78, 5) is 0. The van der Waals surface area contributed by atoms with E-state index in [-0.39, 0.29) is 0 Å². The molecule has 0 spiro atoms. The predicted octanol–water partition coefficient (Wildman–Crippen LogP) is 2.09. The maximum Gasteiger partial charge on any atom is 0.0796 e. The standard InChI is InChI=1S/C10H22O2/c1-3-4-5-6-7-8-10(12)9(2)11/h9-12H,3-8H2,1-2H3/t9-,10+/m0/s1. The largest absolute Gasteiger partial charge is 0.391 e. The molecule has 0 aromatic rings. The molecule has 0 fully saturated rings. The molecule has 0 aliphatic carbocycles. The van der Waals surface area contributed by atoms with Crippen molar-refractivity contribution in [1.29, 1.82) is 0 Å². The highest BCUT2D eigenvalue weighted by atomic mass is 16.3. The van der Waals surface area contributed by atoms with Gasteiger partial charge in [-0.25, -0.2) is 0 Å². The van der Waals surface area contributed by atoms with Gasteiger partial charge in [-0.05, 0) is 13.3 Å². The van der Waals surface area contributed by atoms with E-state index in [9.17, 15) is 5.11 Å². The van der Waals surface area contributed by atoms with Gasteiger partial charge < -0.3 is 10.2 Å². The molecule has 0 aromatic carbocycles. The van der Waals surface area contributed by atoms with Gasteiger partial charge in [0, 0.05) is 0 Å². The van der Waals surface area contributed by atoms with Crippen molar-refractivity contribution in [1.82, 2.24) is 0 Å². The average Bonchev–Trinajstić information content (AvgIpc) is 2.03. The summed E-state index contributed by atoms with van der Waals surface area (Å²) in [5.41, 5.74) is 0. The minimum absolute atomic E-state index is 0.522. The van der Waals surface area contributed by atoms with Crippen LogP contribution in [0.4, 0.5) is 0 Å². The average molecular weight is 174 g/mol. The van der Waals surface area contributed by atoms with Crippen molar-refractivity contribution >= 4 is 0 Å². The van der Waals surface area contributed by atoms with E-state index in [1.807, 2.05) is 0 Å². The zero-order valence-electron chi connectivity index (χ0n) is 8.29. The van der Waals surface area contributed by atoms with Crippen molar-refractivity contribution in [3.8, 4) is 0 Å². The van der Waals surface area contributed by atoms with Crippen LogP contribution in [0.25, 0.3) is 0 Å². The molecule has 2 atom stereocenters. The van der Waals surface area contributed by atoms with Gasteiger partial charge in [-0.3, -0.25) is 0 Å². The molecular weight excluding hydrogens is 152 g/mol. The molecule has 12 heavy (non-hydrogen) atoms. The third-order valence-electron chi connectivity index (χ3n) is 2.16. The Kier molecular flexibility index (Phi) is 7.51. The first-order valence-electron chi connectivity index (χ1n) is 5.04.